The van der Waals surface area contributed by atoms with E-state index in [0.29, 0.717) is 17.3 Å². The summed E-state index contributed by atoms with van der Waals surface area (Å²) in [6.45, 7) is 3.75. The molecule has 5 nitrogen and oxygen atoms in total. The lowest BCUT2D eigenvalue weighted by Gasteiger charge is -2.22. The third-order valence-electron chi connectivity index (χ3n) is 3.86. The molecule has 0 spiro atoms. The molecule has 0 aromatic heterocycles. The molecule has 0 radical (unpaired) electrons. The summed E-state index contributed by atoms with van der Waals surface area (Å²) in [4.78, 5) is 26.4. The third kappa shape index (κ3) is 6.19. The van der Waals surface area contributed by atoms with Crippen molar-refractivity contribution >= 4 is 40.9 Å². The number of nitrogens with one attached hydrogen (secondary N) is 1. The Bertz CT molecular complexity index is 811. The van der Waals surface area contributed by atoms with Gasteiger partial charge in [-0.15, -0.1) is 11.8 Å². The molecule has 1 N–H and O–H groups in total. The average molecular weight is 407 g/mol. The number of hydrogen-bond acceptors (Lipinski definition) is 4. The van der Waals surface area contributed by atoms with Crippen molar-refractivity contribution in [3.8, 4) is 5.75 Å². The van der Waals surface area contributed by atoms with E-state index in [1.807, 2.05) is 37.3 Å². The van der Waals surface area contributed by atoms with Crippen molar-refractivity contribution in [3.05, 3.63) is 53.1 Å². The maximum Gasteiger partial charge on any atom is 0.235 e. The van der Waals surface area contributed by atoms with Crippen LogP contribution in [0.15, 0.2) is 47.4 Å². The van der Waals surface area contributed by atoms with E-state index < -0.39 is 0 Å². The topological polar surface area (TPSA) is 58.6 Å². The van der Waals surface area contributed by atoms with Crippen molar-refractivity contribution in [2.45, 2.75) is 30.5 Å². The summed E-state index contributed by atoms with van der Waals surface area (Å²) >= 11 is 7.53. The molecule has 0 fully saturated rings. The SMILES string of the molecule is COc1ccc(Cl)cc1CN(C)C(=O)C(C)Sc1ccc(NC(C)=O)cc1. The normalized spacial score (nSPS) is 11.6. The molecule has 2 aromatic carbocycles. The predicted octanol–water partition coefficient (Wildman–Crippen LogP) is 4.45. The number of thioether (sulfide) groups is 1. The van der Waals surface area contributed by atoms with E-state index in [4.69, 9.17) is 16.3 Å². The highest BCUT2D eigenvalue weighted by atomic mass is 35.5. The van der Waals surface area contributed by atoms with Crippen LogP contribution in [0.25, 0.3) is 0 Å². The minimum Gasteiger partial charge on any atom is -0.496 e. The molecule has 0 saturated heterocycles. The molecule has 7 heteroatoms. The van der Waals surface area contributed by atoms with E-state index in [1.165, 1.54) is 18.7 Å². The molecule has 144 valence electrons. The van der Waals surface area contributed by atoms with Gasteiger partial charge < -0.3 is 15.0 Å². The van der Waals surface area contributed by atoms with E-state index in [-0.39, 0.29) is 17.1 Å². The monoisotopic (exact) mass is 406 g/mol. The van der Waals surface area contributed by atoms with Gasteiger partial charge in [-0.2, -0.15) is 0 Å². The molecular formula is C20H23ClN2O3S. The highest BCUT2D eigenvalue weighted by molar-refractivity contribution is 8.00. The van der Waals surface area contributed by atoms with Gasteiger partial charge in [0.05, 0.1) is 12.4 Å². The van der Waals surface area contributed by atoms with E-state index >= 15 is 0 Å². The molecule has 0 aliphatic rings. The van der Waals surface area contributed by atoms with Gasteiger partial charge in [0.15, 0.2) is 0 Å². The first kappa shape index (κ1) is 21.1. The summed E-state index contributed by atoms with van der Waals surface area (Å²) in [5.41, 5.74) is 1.59. The summed E-state index contributed by atoms with van der Waals surface area (Å²) in [7, 11) is 3.36. The van der Waals surface area contributed by atoms with Gasteiger partial charge in [-0.05, 0) is 49.4 Å². The summed E-state index contributed by atoms with van der Waals surface area (Å²) in [5, 5.41) is 3.07. The number of hydrogen-bond donors (Lipinski definition) is 1. The Balaban J connectivity index is 2.00. The zero-order valence-corrected chi connectivity index (χ0v) is 17.4. The summed E-state index contributed by atoms with van der Waals surface area (Å²) in [5.74, 6) is 0.595. The highest BCUT2D eigenvalue weighted by Crippen LogP contribution is 2.28. The smallest absolute Gasteiger partial charge is 0.235 e. The molecule has 2 amide bonds. The minimum atomic E-state index is -0.258. The van der Waals surface area contributed by atoms with Crippen LogP contribution in [-0.4, -0.2) is 36.1 Å². The van der Waals surface area contributed by atoms with E-state index in [2.05, 4.69) is 5.32 Å². The Hall–Kier alpha value is -2.18. The van der Waals surface area contributed by atoms with Crippen LogP contribution in [0.3, 0.4) is 0 Å². The second kappa shape index (κ2) is 9.67. The van der Waals surface area contributed by atoms with Crippen molar-refractivity contribution < 1.29 is 14.3 Å². The number of nitrogens with zero attached hydrogens (tertiary/aromatic N) is 1. The predicted molar refractivity (Wildman–Crippen MR) is 111 cm³/mol. The first-order chi connectivity index (χ1) is 12.8. The number of rotatable bonds is 7. The number of benzene rings is 2. The summed E-state index contributed by atoms with van der Waals surface area (Å²) in [6, 6.07) is 12.8. The largest absolute Gasteiger partial charge is 0.496 e. The first-order valence-electron chi connectivity index (χ1n) is 8.42. The van der Waals surface area contributed by atoms with Crippen LogP contribution in [0, 0.1) is 0 Å². The summed E-state index contributed by atoms with van der Waals surface area (Å²) < 4.78 is 5.34. The number of anilines is 1. The van der Waals surface area contributed by atoms with Gasteiger partial charge in [0, 0.05) is 41.7 Å². The van der Waals surface area contributed by atoms with Crippen LogP contribution in [0.2, 0.25) is 5.02 Å². The van der Waals surface area contributed by atoms with Crippen molar-refractivity contribution in [3.63, 3.8) is 0 Å². The quantitative estimate of drug-likeness (QED) is 0.690. The number of carbonyl (C=O) groups excluding carboxylic acids is 2. The maximum atomic E-state index is 12.7. The molecule has 1 atom stereocenters. The van der Waals surface area contributed by atoms with Gasteiger partial charge in [0.25, 0.3) is 0 Å². The van der Waals surface area contributed by atoms with Gasteiger partial charge in [0.1, 0.15) is 5.75 Å². The zero-order chi connectivity index (χ0) is 20.0. The van der Waals surface area contributed by atoms with Gasteiger partial charge in [-0.25, -0.2) is 0 Å². The Morgan fingerprint density at radius 3 is 2.48 bits per heavy atom. The lowest BCUT2D eigenvalue weighted by molar-refractivity contribution is -0.129. The van der Waals surface area contributed by atoms with Gasteiger partial charge in [-0.3, -0.25) is 9.59 Å². The molecule has 1 unspecified atom stereocenters. The van der Waals surface area contributed by atoms with Crippen LogP contribution >= 0.6 is 23.4 Å². The Morgan fingerprint density at radius 2 is 1.89 bits per heavy atom. The molecule has 2 aromatic rings. The van der Waals surface area contributed by atoms with Crippen molar-refractivity contribution in [1.82, 2.24) is 4.90 Å². The molecular weight excluding hydrogens is 384 g/mol. The zero-order valence-electron chi connectivity index (χ0n) is 15.8. The van der Waals surface area contributed by atoms with E-state index in [1.54, 1.807) is 31.2 Å². The second-order valence-electron chi connectivity index (χ2n) is 6.12. The van der Waals surface area contributed by atoms with E-state index in [0.717, 1.165) is 16.1 Å². The molecule has 0 aliphatic heterocycles. The second-order valence-corrected chi connectivity index (χ2v) is 7.97. The Labute approximate surface area is 169 Å². The molecule has 0 aliphatic carbocycles. The number of halogens is 1. The van der Waals surface area contributed by atoms with Gasteiger partial charge in [-0.1, -0.05) is 11.6 Å². The maximum absolute atomic E-state index is 12.7. The lowest BCUT2D eigenvalue weighted by atomic mass is 10.2. The average Bonchev–Trinajstić information content (AvgIpc) is 2.62. The van der Waals surface area contributed by atoms with Crippen molar-refractivity contribution in [2.75, 3.05) is 19.5 Å². The molecule has 2 rings (SSSR count). The fraction of sp³-hybridized carbons (Fsp3) is 0.300. The van der Waals surface area contributed by atoms with Crippen LogP contribution in [0.4, 0.5) is 5.69 Å². The van der Waals surface area contributed by atoms with Crippen LogP contribution in [0.5, 0.6) is 5.75 Å². The van der Waals surface area contributed by atoms with Crippen LogP contribution < -0.4 is 10.1 Å². The minimum absolute atomic E-state index is 0.00738. The van der Waals surface area contributed by atoms with E-state index in [9.17, 15) is 9.59 Å². The van der Waals surface area contributed by atoms with Crippen molar-refractivity contribution in [2.24, 2.45) is 0 Å². The fourth-order valence-corrected chi connectivity index (χ4v) is 3.77. The number of amides is 2. The van der Waals surface area contributed by atoms with Gasteiger partial charge >= 0.3 is 0 Å². The molecule has 0 saturated carbocycles. The Kier molecular flexibility index (Phi) is 7.56. The third-order valence-corrected chi connectivity index (χ3v) is 5.20. The molecule has 0 heterocycles. The van der Waals surface area contributed by atoms with Gasteiger partial charge in [0.2, 0.25) is 11.8 Å². The van der Waals surface area contributed by atoms with Crippen LogP contribution in [0.1, 0.15) is 19.4 Å². The molecule has 0 bridgehead atoms. The Morgan fingerprint density at radius 1 is 1.22 bits per heavy atom. The summed E-state index contributed by atoms with van der Waals surface area (Å²) in [6.07, 6.45) is 0. The molecule has 27 heavy (non-hydrogen) atoms. The lowest BCUT2D eigenvalue weighted by Crippen LogP contribution is -2.32. The highest BCUT2D eigenvalue weighted by Gasteiger charge is 2.20. The van der Waals surface area contributed by atoms with Crippen LogP contribution in [-0.2, 0) is 16.1 Å². The number of ether oxygens (including phenoxy) is 1. The standard InChI is InChI=1S/C20H23ClN2O3S/c1-13(27-18-8-6-17(7-9-18)22-14(2)24)20(25)23(3)12-15-11-16(21)5-10-19(15)26-4/h5-11,13H,12H2,1-4H3,(H,22,24). The first-order valence-corrected chi connectivity index (χ1v) is 9.67. The number of methoxy groups -OCH3 is 1. The number of carbonyl (C=O) groups is 2. The van der Waals surface area contributed by atoms with Crippen molar-refractivity contribution in [1.29, 1.82) is 0 Å². The fourth-order valence-electron chi connectivity index (χ4n) is 2.59.